The number of carbonyl (C=O) groups is 1. The molecule has 2 aromatic rings. The van der Waals surface area contributed by atoms with E-state index in [2.05, 4.69) is 15.5 Å². The zero-order valence-corrected chi connectivity index (χ0v) is 16.5. The maximum Gasteiger partial charge on any atom is 0.241 e. The summed E-state index contributed by atoms with van der Waals surface area (Å²) in [6.07, 6.45) is 0. The molecule has 1 saturated heterocycles. The summed E-state index contributed by atoms with van der Waals surface area (Å²) >= 11 is 6.24. The number of anilines is 2. The van der Waals surface area contributed by atoms with E-state index in [1.807, 2.05) is 62.4 Å². The van der Waals surface area contributed by atoms with Crippen LogP contribution in [0.1, 0.15) is 25.5 Å². The summed E-state index contributed by atoms with van der Waals surface area (Å²) in [6.45, 7) is 7.16. The monoisotopic (exact) mass is 387 g/mol. The van der Waals surface area contributed by atoms with Crippen molar-refractivity contribution >= 4 is 28.9 Å². The van der Waals surface area contributed by atoms with Gasteiger partial charge in [-0.25, -0.2) is 0 Å². The fraction of sp³-hybridized carbons (Fsp3) is 0.381. The van der Waals surface area contributed by atoms with Gasteiger partial charge in [0.05, 0.1) is 19.3 Å². The Labute approximate surface area is 165 Å². The molecule has 2 N–H and O–H groups in total. The van der Waals surface area contributed by atoms with Crippen LogP contribution in [0.2, 0.25) is 5.02 Å². The van der Waals surface area contributed by atoms with E-state index in [0.717, 1.165) is 43.2 Å². The lowest BCUT2D eigenvalue weighted by molar-refractivity contribution is -0.117. The number of ether oxygens (including phenoxy) is 1. The van der Waals surface area contributed by atoms with Gasteiger partial charge in [-0.1, -0.05) is 29.8 Å². The normalized spacial score (nSPS) is 16.6. The Balaban J connectivity index is 1.55. The number of halogens is 1. The highest BCUT2D eigenvalue weighted by Gasteiger charge is 2.18. The molecule has 5 nitrogen and oxygen atoms in total. The molecule has 0 unspecified atom stereocenters. The second-order valence-electron chi connectivity index (χ2n) is 6.77. The highest BCUT2D eigenvalue weighted by molar-refractivity contribution is 6.31. The maximum atomic E-state index is 12.5. The molecular weight excluding hydrogens is 362 g/mol. The molecule has 0 saturated carbocycles. The number of hydrogen-bond donors (Lipinski definition) is 2. The second-order valence-corrected chi connectivity index (χ2v) is 7.17. The van der Waals surface area contributed by atoms with Crippen LogP contribution in [-0.2, 0) is 9.53 Å². The van der Waals surface area contributed by atoms with Gasteiger partial charge in [0.1, 0.15) is 0 Å². The van der Waals surface area contributed by atoms with Crippen LogP contribution in [0.15, 0.2) is 48.5 Å². The van der Waals surface area contributed by atoms with Crippen molar-refractivity contribution in [2.45, 2.75) is 25.9 Å². The number of carbonyl (C=O) groups excluding carboxylic acids is 1. The summed E-state index contributed by atoms with van der Waals surface area (Å²) in [4.78, 5) is 14.8. The van der Waals surface area contributed by atoms with E-state index in [4.69, 9.17) is 16.3 Å². The highest BCUT2D eigenvalue weighted by atomic mass is 35.5. The van der Waals surface area contributed by atoms with Gasteiger partial charge in [-0.3, -0.25) is 10.1 Å². The van der Waals surface area contributed by atoms with E-state index in [-0.39, 0.29) is 18.0 Å². The Morgan fingerprint density at radius 1 is 1.07 bits per heavy atom. The van der Waals surface area contributed by atoms with Gasteiger partial charge in [-0.15, -0.1) is 0 Å². The molecule has 0 spiro atoms. The van der Waals surface area contributed by atoms with Crippen molar-refractivity contribution < 1.29 is 9.53 Å². The van der Waals surface area contributed by atoms with E-state index in [1.165, 1.54) is 0 Å². The Kier molecular flexibility index (Phi) is 6.72. The van der Waals surface area contributed by atoms with Crippen LogP contribution in [0.4, 0.5) is 11.4 Å². The average molecular weight is 388 g/mol. The molecule has 0 bridgehead atoms. The Morgan fingerprint density at radius 3 is 2.41 bits per heavy atom. The predicted octanol–water partition coefficient (Wildman–Crippen LogP) is 3.85. The first-order chi connectivity index (χ1) is 13.0. The van der Waals surface area contributed by atoms with Crippen molar-refractivity contribution in [3.8, 4) is 0 Å². The summed E-state index contributed by atoms with van der Waals surface area (Å²) in [6, 6.07) is 15.2. The van der Waals surface area contributed by atoms with Crippen LogP contribution < -0.4 is 15.5 Å². The number of benzene rings is 2. The van der Waals surface area contributed by atoms with Gasteiger partial charge >= 0.3 is 0 Å². The van der Waals surface area contributed by atoms with Crippen LogP contribution in [0.25, 0.3) is 0 Å². The van der Waals surface area contributed by atoms with E-state index >= 15 is 0 Å². The zero-order chi connectivity index (χ0) is 19.2. The number of nitrogens with one attached hydrogen (secondary N) is 2. The van der Waals surface area contributed by atoms with E-state index in [9.17, 15) is 4.79 Å². The minimum absolute atomic E-state index is 0.0249. The van der Waals surface area contributed by atoms with Gasteiger partial charge in [-0.05, 0) is 49.7 Å². The zero-order valence-electron chi connectivity index (χ0n) is 15.7. The van der Waals surface area contributed by atoms with E-state index in [1.54, 1.807) is 0 Å². The number of morpholine rings is 1. The van der Waals surface area contributed by atoms with Gasteiger partial charge in [0.15, 0.2) is 0 Å². The lowest BCUT2D eigenvalue weighted by Gasteiger charge is -2.29. The quantitative estimate of drug-likeness (QED) is 0.790. The summed E-state index contributed by atoms with van der Waals surface area (Å²) in [7, 11) is 0. The third kappa shape index (κ3) is 5.22. The molecule has 1 fully saturated rings. The summed E-state index contributed by atoms with van der Waals surface area (Å²) in [5, 5.41) is 6.97. The molecule has 27 heavy (non-hydrogen) atoms. The maximum absolute atomic E-state index is 12.5. The third-order valence-corrected chi connectivity index (χ3v) is 5.12. The van der Waals surface area contributed by atoms with Gasteiger partial charge in [-0.2, -0.15) is 0 Å². The molecular formula is C21H26ClN3O2. The molecule has 0 aliphatic carbocycles. The SMILES string of the molecule is C[C@H](N[C@@H](C)c1ccccc1Cl)C(=O)Nc1ccc(N2CCOCC2)cc1. The third-order valence-electron chi connectivity index (χ3n) is 4.78. The standard InChI is InChI=1S/C21H26ClN3O2/c1-15(19-5-3-4-6-20(19)22)23-16(2)21(26)24-17-7-9-18(10-8-17)25-11-13-27-14-12-25/h3-10,15-16,23H,11-14H2,1-2H3,(H,24,26)/t15-,16-/m0/s1. The largest absolute Gasteiger partial charge is 0.378 e. The fourth-order valence-corrected chi connectivity index (χ4v) is 3.49. The van der Waals surface area contributed by atoms with Crippen molar-refractivity contribution in [2.24, 2.45) is 0 Å². The van der Waals surface area contributed by atoms with Crippen molar-refractivity contribution in [3.63, 3.8) is 0 Å². The first kappa shape index (κ1) is 19.7. The average Bonchev–Trinajstić information content (AvgIpc) is 2.69. The molecule has 144 valence electrons. The highest BCUT2D eigenvalue weighted by Crippen LogP contribution is 2.23. The predicted molar refractivity (Wildman–Crippen MR) is 111 cm³/mol. The molecule has 6 heteroatoms. The smallest absolute Gasteiger partial charge is 0.241 e. The van der Waals surface area contributed by atoms with E-state index < -0.39 is 0 Å². The molecule has 1 amide bonds. The van der Waals surface area contributed by atoms with Gasteiger partial charge < -0.3 is 15.0 Å². The van der Waals surface area contributed by atoms with E-state index in [0.29, 0.717) is 5.02 Å². The number of amides is 1. The molecule has 0 aromatic heterocycles. The number of rotatable bonds is 6. The van der Waals surface area contributed by atoms with Crippen LogP contribution in [-0.4, -0.2) is 38.3 Å². The van der Waals surface area contributed by atoms with Crippen molar-refractivity contribution in [2.75, 3.05) is 36.5 Å². The van der Waals surface area contributed by atoms with Crippen molar-refractivity contribution in [3.05, 3.63) is 59.1 Å². The second kappa shape index (κ2) is 9.22. The molecule has 1 aliphatic rings. The first-order valence-electron chi connectivity index (χ1n) is 9.28. The fourth-order valence-electron chi connectivity index (χ4n) is 3.19. The summed E-state index contributed by atoms with van der Waals surface area (Å²) < 4.78 is 5.38. The molecule has 1 heterocycles. The minimum Gasteiger partial charge on any atom is -0.378 e. The molecule has 0 radical (unpaired) electrons. The Hall–Kier alpha value is -2.08. The molecule has 2 atom stereocenters. The van der Waals surface area contributed by atoms with Crippen LogP contribution >= 0.6 is 11.6 Å². The van der Waals surface area contributed by atoms with Crippen LogP contribution in [0.3, 0.4) is 0 Å². The lowest BCUT2D eigenvalue weighted by atomic mass is 10.1. The summed E-state index contributed by atoms with van der Waals surface area (Å²) in [5.41, 5.74) is 2.92. The van der Waals surface area contributed by atoms with Gasteiger partial charge in [0.25, 0.3) is 0 Å². The Bertz CT molecular complexity index is 760. The number of nitrogens with zero attached hydrogens (tertiary/aromatic N) is 1. The Morgan fingerprint density at radius 2 is 1.74 bits per heavy atom. The lowest BCUT2D eigenvalue weighted by Crippen LogP contribution is -2.39. The topological polar surface area (TPSA) is 53.6 Å². The summed E-state index contributed by atoms with van der Waals surface area (Å²) in [5.74, 6) is -0.0759. The first-order valence-corrected chi connectivity index (χ1v) is 9.66. The van der Waals surface area contributed by atoms with Crippen LogP contribution in [0.5, 0.6) is 0 Å². The number of hydrogen-bond acceptors (Lipinski definition) is 4. The van der Waals surface area contributed by atoms with Crippen molar-refractivity contribution in [1.82, 2.24) is 5.32 Å². The van der Waals surface area contributed by atoms with Gasteiger partial charge in [0.2, 0.25) is 5.91 Å². The molecule has 3 rings (SSSR count). The van der Waals surface area contributed by atoms with Crippen molar-refractivity contribution in [1.29, 1.82) is 0 Å². The molecule has 1 aliphatic heterocycles. The van der Waals surface area contributed by atoms with Gasteiger partial charge in [0, 0.05) is 35.5 Å². The molecule has 2 aromatic carbocycles. The minimum atomic E-state index is -0.352. The van der Waals surface area contributed by atoms with Crippen LogP contribution in [0, 0.1) is 0 Å².